The van der Waals surface area contributed by atoms with Crippen molar-refractivity contribution in [1.82, 2.24) is 4.90 Å². The first-order chi connectivity index (χ1) is 7.01. The second kappa shape index (κ2) is 5.93. The standard InChI is InChI=1S/C8H15F3N2OS/c9-8(10,11)15-4-2-13-1-3-14-7(5-12)6-13/h7H,1-6,12H2. The van der Waals surface area contributed by atoms with Gasteiger partial charge < -0.3 is 10.5 Å². The predicted molar refractivity (Wildman–Crippen MR) is 53.7 cm³/mol. The maximum atomic E-state index is 11.9. The van der Waals surface area contributed by atoms with Gasteiger partial charge in [-0.1, -0.05) is 0 Å². The molecule has 1 rings (SSSR count). The van der Waals surface area contributed by atoms with Gasteiger partial charge in [-0.3, -0.25) is 4.90 Å². The Hall–Kier alpha value is 0.0200. The summed E-state index contributed by atoms with van der Waals surface area (Å²) >= 11 is 0.0223. The average Bonchev–Trinajstić information content (AvgIpc) is 2.16. The lowest BCUT2D eigenvalue weighted by Gasteiger charge is -2.32. The zero-order chi connectivity index (χ0) is 11.3. The molecule has 2 N–H and O–H groups in total. The second-order valence-corrected chi connectivity index (χ2v) is 4.48. The van der Waals surface area contributed by atoms with Crippen molar-refractivity contribution in [2.24, 2.45) is 5.73 Å². The lowest BCUT2D eigenvalue weighted by molar-refractivity contribution is -0.0338. The fraction of sp³-hybridized carbons (Fsp3) is 1.00. The number of nitrogens with two attached hydrogens (primary N) is 1. The molecular weight excluding hydrogens is 229 g/mol. The van der Waals surface area contributed by atoms with Gasteiger partial charge in [-0.15, -0.1) is 0 Å². The normalized spacial score (nSPS) is 24.4. The maximum Gasteiger partial charge on any atom is 0.441 e. The molecule has 15 heavy (non-hydrogen) atoms. The molecule has 0 aromatic heterocycles. The molecule has 7 heteroatoms. The second-order valence-electron chi connectivity index (χ2n) is 3.32. The number of rotatable bonds is 4. The van der Waals surface area contributed by atoms with Crippen LogP contribution in [0.25, 0.3) is 0 Å². The van der Waals surface area contributed by atoms with E-state index in [0.717, 1.165) is 0 Å². The molecule has 0 saturated carbocycles. The van der Waals surface area contributed by atoms with E-state index < -0.39 is 5.51 Å². The van der Waals surface area contributed by atoms with Crippen molar-refractivity contribution < 1.29 is 17.9 Å². The van der Waals surface area contributed by atoms with Gasteiger partial charge in [0.1, 0.15) is 0 Å². The van der Waals surface area contributed by atoms with Crippen molar-refractivity contribution in [3.05, 3.63) is 0 Å². The first-order valence-corrected chi connectivity index (χ1v) is 5.74. The number of halogens is 3. The Morgan fingerprint density at radius 2 is 2.20 bits per heavy atom. The Bertz CT molecular complexity index is 191. The third-order valence-corrected chi connectivity index (χ3v) is 2.87. The molecule has 1 saturated heterocycles. The zero-order valence-corrected chi connectivity index (χ0v) is 9.11. The fourth-order valence-electron chi connectivity index (χ4n) is 1.42. The summed E-state index contributed by atoms with van der Waals surface area (Å²) in [6.45, 7) is 2.73. The molecule has 90 valence electrons. The first kappa shape index (κ1) is 13.1. The third kappa shape index (κ3) is 5.60. The Labute approximate surface area is 91.1 Å². The number of thioether (sulfide) groups is 1. The van der Waals surface area contributed by atoms with Gasteiger partial charge >= 0.3 is 5.51 Å². The van der Waals surface area contributed by atoms with Crippen molar-refractivity contribution in [2.45, 2.75) is 11.6 Å². The van der Waals surface area contributed by atoms with Crippen molar-refractivity contribution in [3.8, 4) is 0 Å². The predicted octanol–water partition coefficient (Wildman–Crippen LogP) is 0.899. The van der Waals surface area contributed by atoms with Crippen molar-refractivity contribution in [2.75, 3.05) is 38.5 Å². The summed E-state index contributed by atoms with van der Waals surface area (Å²) in [5, 5.41) is 0. The van der Waals surface area contributed by atoms with Crippen LogP contribution in [0.2, 0.25) is 0 Å². The lowest BCUT2D eigenvalue weighted by Crippen LogP contribution is -2.46. The summed E-state index contributed by atoms with van der Waals surface area (Å²) in [7, 11) is 0. The maximum absolute atomic E-state index is 11.9. The van der Waals surface area contributed by atoms with Crippen LogP contribution in [0.3, 0.4) is 0 Å². The van der Waals surface area contributed by atoms with Crippen LogP contribution in [0.5, 0.6) is 0 Å². The van der Waals surface area contributed by atoms with E-state index in [4.69, 9.17) is 10.5 Å². The summed E-state index contributed by atoms with van der Waals surface area (Å²) in [5.41, 5.74) is 1.30. The summed E-state index contributed by atoms with van der Waals surface area (Å²) in [6.07, 6.45) is -0.0327. The highest BCUT2D eigenvalue weighted by Gasteiger charge is 2.28. The highest BCUT2D eigenvalue weighted by Crippen LogP contribution is 2.29. The molecule has 1 aliphatic rings. The number of hydrogen-bond acceptors (Lipinski definition) is 4. The monoisotopic (exact) mass is 244 g/mol. The van der Waals surface area contributed by atoms with Crippen LogP contribution >= 0.6 is 11.8 Å². The smallest absolute Gasteiger partial charge is 0.374 e. The minimum Gasteiger partial charge on any atom is -0.374 e. The van der Waals surface area contributed by atoms with Gasteiger partial charge in [0.05, 0.1) is 12.7 Å². The Balaban J connectivity index is 2.15. The molecule has 0 radical (unpaired) electrons. The third-order valence-electron chi connectivity index (χ3n) is 2.16. The summed E-state index contributed by atoms with van der Waals surface area (Å²) in [5.74, 6) is 0.0702. The van der Waals surface area contributed by atoms with Gasteiger partial charge in [-0.05, 0) is 11.8 Å². The van der Waals surface area contributed by atoms with E-state index >= 15 is 0 Å². The van der Waals surface area contributed by atoms with E-state index in [1.54, 1.807) is 0 Å². The topological polar surface area (TPSA) is 38.5 Å². The molecule has 0 aromatic rings. The van der Waals surface area contributed by atoms with Crippen LogP contribution in [0, 0.1) is 0 Å². The average molecular weight is 244 g/mol. The van der Waals surface area contributed by atoms with Crippen LogP contribution in [-0.4, -0.2) is 55.1 Å². The largest absolute Gasteiger partial charge is 0.441 e. The molecule has 0 spiro atoms. The summed E-state index contributed by atoms with van der Waals surface area (Å²) < 4.78 is 40.9. The molecule has 1 unspecified atom stereocenters. The molecule has 0 aliphatic carbocycles. The van der Waals surface area contributed by atoms with E-state index in [2.05, 4.69) is 0 Å². The number of nitrogens with zero attached hydrogens (tertiary/aromatic N) is 1. The molecule has 0 amide bonds. The van der Waals surface area contributed by atoms with Crippen LogP contribution in [-0.2, 0) is 4.74 Å². The van der Waals surface area contributed by atoms with E-state index in [1.807, 2.05) is 4.90 Å². The Morgan fingerprint density at radius 3 is 2.80 bits per heavy atom. The molecule has 0 bridgehead atoms. The minimum absolute atomic E-state index is 0.0223. The van der Waals surface area contributed by atoms with E-state index in [9.17, 15) is 13.2 Å². The number of morpholine rings is 1. The number of hydrogen-bond donors (Lipinski definition) is 1. The molecular formula is C8H15F3N2OS. The highest BCUT2D eigenvalue weighted by molar-refractivity contribution is 8.00. The fourth-order valence-corrected chi connectivity index (χ4v) is 2.00. The minimum atomic E-state index is -4.13. The molecule has 1 aliphatic heterocycles. The summed E-state index contributed by atoms with van der Waals surface area (Å²) in [6, 6.07) is 0. The summed E-state index contributed by atoms with van der Waals surface area (Å²) in [4.78, 5) is 1.96. The van der Waals surface area contributed by atoms with Gasteiger partial charge in [0, 0.05) is 31.9 Å². The molecule has 1 fully saturated rings. The van der Waals surface area contributed by atoms with Gasteiger partial charge in [-0.25, -0.2) is 0 Å². The van der Waals surface area contributed by atoms with Crippen LogP contribution in [0.15, 0.2) is 0 Å². The van der Waals surface area contributed by atoms with E-state index in [0.29, 0.717) is 32.8 Å². The van der Waals surface area contributed by atoms with Crippen LogP contribution in [0.4, 0.5) is 13.2 Å². The van der Waals surface area contributed by atoms with Crippen molar-refractivity contribution >= 4 is 11.8 Å². The van der Waals surface area contributed by atoms with E-state index in [-0.39, 0.29) is 23.6 Å². The van der Waals surface area contributed by atoms with Crippen LogP contribution < -0.4 is 5.73 Å². The first-order valence-electron chi connectivity index (χ1n) is 4.76. The van der Waals surface area contributed by atoms with Gasteiger partial charge in [0.15, 0.2) is 0 Å². The quantitative estimate of drug-likeness (QED) is 0.797. The zero-order valence-electron chi connectivity index (χ0n) is 8.29. The van der Waals surface area contributed by atoms with Crippen molar-refractivity contribution in [1.29, 1.82) is 0 Å². The van der Waals surface area contributed by atoms with Crippen LogP contribution in [0.1, 0.15) is 0 Å². The number of ether oxygens (including phenoxy) is 1. The molecule has 1 atom stereocenters. The number of alkyl halides is 3. The van der Waals surface area contributed by atoms with Gasteiger partial charge in [0.2, 0.25) is 0 Å². The lowest BCUT2D eigenvalue weighted by atomic mass is 10.3. The Kier molecular flexibility index (Phi) is 5.17. The van der Waals surface area contributed by atoms with Gasteiger partial charge in [0.25, 0.3) is 0 Å². The van der Waals surface area contributed by atoms with Gasteiger partial charge in [-0.2, -0.15) is 13.2 Å². The highest BCUT2D eigenvalue weighted by atomic mass is 32.2. The van der Waals surface area contributed by atoms with E-state index in [1.165, 1.54) is 0 Å². The molecule has 3 nitrogen and oxygen atoms in total. The molecule has 1 heterocycles. The molecule has 0 aromatic carbocycles. The van der Waals surface area contributed by atoms with Crippen molar-refractivity contribution in [3.63, 3.8) is 0 Å². The Morgan fingerprint density at radius 1 is 1.47 bits per heavy atom. The SMILES string of the molecule is NCC1CN(CCSC(F)(F)F)CCO1.